The maximum atomic E-state index is 13.1. The molecule has 2 heterocycles. The second-order valence-corrected chi connectivity index (χ2v) is 6.87. The minimum absolute atomic E-state index is 0.0472. The summed E-state index contributed by atoms with van der Waals surface area (Å²) in [6.45, 7) is 0.0901. The number of nitrogens with two attached hydrogens (primary N) is 1. The number of carbonyl (C=O) groups is 1. The lowest BCUT2D eigenvalue weighted by molar-refractivity contribution is 0.0974. The van der Waals surface area contributed by atoms with Gasteiger partial charge in [0, 0.05) is 5.56 Å². The zero-order chi connectivity index (χ0) is 20.5. The van der Waals surface area contributed by atoms with Crippen LogP contribution in [0, 0.1) is 0 Å². The molecule has 0 amide bonds. The van der Waals surface area contributed by atoms with Gasteiger partial charge in [-0.25, -0.2) is 9.61 Å². The molecule has 0 saturated heterocycles. The summed E-state index contributed by atoms with van der Waals surface area (Å²) in [7, 11) is 0. The number of para-hydroxylation sites is 2. The standard InChI is InChI=1S/C23H17N5O2/c24-22-21(26-30-27-22)23-25-18-8-4-5-9-19(18)28(23)14-20(29)17-12-10-16(11-13-17)15-6-2-1-3-7-15/h1-13H,14H2,(H2,24,27). The molecule has 0 saturated carbocycles. The predicted octanol–water partition coefficient (Wildman–Crippen LogP) is 4.22. The van der Waals surface area contributed by atoms with Gasteiger partial charge >= 0.3 is 0 Å². The van der Waals surface area contributed by atoms with E-state index >= 15 is 0 Å². The van der Waals surface area contributed by atoms with Gasteiger partial charge < -0.3 is 10.3 Å². The number of imidazole rings is 1. The normalized spacial score (nSPS) is 11.1. The Hall–Kier alpha value is -4.26. The van der Waals surface area contributed by atoms with Crippen LogP contribution >= 0.6 is 0 Å². The number of hydrogen-bond donors (Lipinski definition) is 1. The molecule has 7 heteroatoms. The lowest BCUT2D eigenvalue weighted by Gasteiger charge is -2.08. The molecule has 2 aromatic heterocycles. The molecule has 146 valence electrons. The predicted molar refractivity (Wildman–Crippen MR) is 114 cm³/mol. The van der Waals surface area contributed by atoms with Gasteiger partial charge in [-0.15, -0.1) is 0 Å². The highest BCUT2D eigenvalue weighted by Crippen LogP contribution is 2.27. The van der Waals surface area contributed by atoms with Crippen LogP contribution in [0.25, 0.3) is 33.7 Å². The summed E-state index contributed by atoms with van der Waals surface area (Å²) in [5.41, 5.74) is 10.5. The molecule has 0 fully saturated rings. The first-order chi connectivity index (χ1) is 14.7. The van der Waals surface area contributed by atoms with Crippen molar-refractivity contribution in [2.24, 2.45) is 0 Å². The molecule has 0 unspecified atom stereocenters. The van der Waals surface area contributed by atoms with Crippen LogP contribution in [0.1, 0.15) is 10.4 Å². The third kappa shape index (κ3) is 3.12. The van der Waals surface area contributed by atoms with Crippen LogP contribution in [0.2, 0.25) is 0 Å². The molecule has 0 bridgehead atoms. The van der Waals surface area contributed by atoms with Crippen molar-refractivity contribution < 1.29 is 9.42 Å². The van der Waals surface area contributed by atoms with Gasteiger partial charge in [0.05, 0.1) is 17.6 Å². The highest BCUT2D eigenvalue weighted by atomic mass is 16.6. The topological polar surface area (TPSA) is 99.8 Å². The van der Waals surface area contributed by atoms with Gasteiger partial charge in [-0.3, -0.25) is 4.79 Å². The number of carbonyl (C=O) groups excluding carboxylic acids is 1. The van der Waals surface area contributed by atoms with Crippen molar-refractivity contribution >= 4 is 22.6 Å². The van der Waals surface area contributed by atoms with Crippen molar-refractivity contribution in [1.82, 2.24) is 19.9 Å². The van der Waals surface area contributed by atoms with Crippen molar-refractivity contribution in [2.45, 2.75) is 6.54 Å². The number of rotatable bonds is 5. The molecule has 3 aromatic carbocycles. The monoisotopic (exact) mass is 395 g/mol. The quantitative estimate of drug-likeness (QED) is 0.447. The molecule has 7 nitrogen and oxygen atoms in total. The number of nitrogen functional groups attached to an aromatic ring is 1. The Labute approximate surface area is 171 Å². The molecule has 0 aliphatic carbocycles. The second-order valence-electron chi connectivity index (χ2n) is 6.87. The van der Waals surface area contributed by atoms with E-state index in [1.54, 1.807) is 4.57 Å². The maximum absolute atomic E-state index is 13.1. The fourth-order valence-electron chi connectivity index (χ4n) is 3.48. The van der Waals surface area contributed by atoms with Gasteiger partial charge in [0.1, 0.15) is 0 Å². The van der Waals surface area contributed by atoms with Gasteiger partial charge in [-0.2, -0.15) is 0 Å². The Kier molecular flexibility index (Phi) is 4.33. The summed E-state index contributed by atoms with van der Waals surface area (Å²) in [6, 6.07) is 25.2. The van der Waals surface area contributed by atoms with E-state index in [4.69, 9.17) is 10.4 Å². The fourth-order valence-corrected chi connectivity index (χ4v) is 3.48. The lowest BCUT2D eigenvalue weighted by atomic mass is 10.0. The zero-order valence-corrected chi connectivity index (χ0v) is 15.9. The number of anilines is 1. The number of nitrogens with zero attached hydrogens (tertiary/aromatic N) is 4. The SMILES string of the molecule is Nc1nonc1-c1nc2ccccc2n1CC(=O)c1ccc(-c2ccccc2)cc1. The number of hydrogen-bond acceptors (Lipinski definition) is 6. The van der Waals surface area contributed by atoms with Crippen LogP contribution in [0.15, 0.2) is 83.5 Å². The Morgan fingerprint density at radius 1 is 0.867 bits per heavy atom. The number of Topliss-reactive ketones (excluding diaryl/α,β-unsaturated/α-hetero) is 1. The molecule has 0 aliphatic heterocycles. The van der Waals surface area contributed by atoms with Crippen molar-refractivity contribution in [2.75, 3.05) is 5.73 Å². The van der Waals surface area contributed by atoms with Gasteiger partial charge in [-0.05, 0) is 33.6 Å². The molecule has 2 N–H and O–H groups in total. The molecule has 0 radical (unpaired) electrons. The van der Waals surface area contributed by atoms with Crippen LogP contribution < -0.4 is 5.73 Å². The zero-order valence-electron chi connectivity index (χ0n) is 15.9. The highest BCUT2D eigenvalue weighted by molar-refractivity contribution is 5.97. The van der Waals surface area contributed by atoms with Gasteiger partial charge in [-0.1, -0.05) is 66.7 Å². The molecular weight excluding hydrogens is 378 g/mol. The molecular formula is C23H17N5O2. The average Bonchev–Trinajstić information content (AvgIpc) is 3.37. The van der Waals surface area contributed by atoms with E-state index in [1.165, 1.54) is 0 Å². The van der Waals surface area contributed by atoms with Crippen molar-refractivity contribution in [3.05, 3.63) is 84.4 Å². The van der Waals surface area contributed by atoms with Gasteiger partial charge in [0.2, 0.25) is 0 Å². The minimum Gasteiger partial charge on any atom is -0.379 e. The van der Waals surface area contributed by atoms with E-state index in [9.17, 15) is 4.79 Å². The van der Waals surface area contributed by atoms with Crippen molar-refractivity contribution in [1.29, 1.82) is 0 Å². The van der Waals surface area contributed by atoms with Crippen LogP contribution in [0.5, 0.6) is 0 Å². The Balaban J connectivity index is 1.50. The third-order valence-corrected chi connectivity index (χ3v) is 5.00. The largest absolute Gasteiger partial charge is 0.379 e. The molecule has 5 rings (SSSR count). The summed E-state index contributed by atoms with van der Waals surface area (Å²) >= 11 is 0. The third-order valence-electron chi connectivity index (χ3n) is 5.00. The van der Waals surface area contributed by atoms with Crippen LogP contribution in [-0.4, -0.2) is 25.6 Å². The van der Waals surface area contributed by atoms with E-state index in [1.807, 2.05) is 78.9 Å². The summed E-state index contributed by atoms with van der Waals surface area (Å²) in [4.78, 5) is 17.7. The summed E-state index contributed by atoms with van der Waals surface area (Å²) < 4.78 is 6.52. The molecule has 0 atom stereocenters. The van der Waals surface area contributed by atoms with Gasteiger partial charge in [0.25, 0.3) is 0 Å². The highest BCUT2D eigenvalue weighted by Gasteiger charge is 2.21. The minimum atomic E-state index is -0.0472. The second kappa shape index (κ2) is 7.29. The van der Waals surface area contributed by atoms with E-state index in [0.29, 0.717) is 17.1 Å². The van der Waals surface area contributed by atoms with Crippen molar-refractivity contribution in [3.63, 3.8) is 0 Å². The number of fused-ring (bicyclic) bond motifs is 1. The molecule has 0 spiro atoms. The van der Waals surface area contributed by atoms with Crippen LogP contribution in [-0.2, 0) is 6.54 Å². The first-order valence-electron chi connectivity index (χ1n) is 9.43. The number of ketones is 1. The first kappa shape index (κ1) is 17.8. The Morgan fingerprint density at radius 2 is 1.57 bits per heavy atom. The Morgan fingerprint density at radius 3 is 2.30 bits per heavy atom. The summed E-state index contributed by atoms with van der Waals surface area (Å²) in [5, 5.41) is 7.49. The molecule has 0 aliphatic rings. The lowest BCUT2D eigenvalue weighted by Crippen LogP contribution is -2.12. The summed E-state index contributed by atoms with van der Waals surface area (Å²) in [6.07, 6.45) is 0. The molecule has 5 aromatic rings. The fraction of sp³-hybridized carbons (Fsp3) is 0.0435. The first-order valence-corrected chi connectivity index (χ1v) is 9.43. The Bertz CT molecular complexity index is 1340. The summed E-state index contributed by atoms with van der Waals surface area (Å²) in [5.74, 6) is 0.532. The van der Waals surface area contributed by atoms with E-state index < -0.39 is 0 Å². The van der Waals surface area contributed by atoms with E-state index in [2.05, 4.69) is 15.3 Å². The molecule has 30 heavy (non-hydrogen) atoms. The van der Waals surface area contributed by atoms with Gasteiger partial charge in [0.15, 0.2) is 23.1 Å². The van der Waals surface area contributed by atoms with Crippen LogP contribution in [0.4, 0.5) is 5.82 Å². The number of aromatic nitrogens is 4. The van der Waals surface area contributed by atoms with E-state index in [0.717, 1.165) is 22.2 Å². The van der Waals surface area contributed by atoms with Crippen molar-refractivity contribution in [3.8, 4) is 22.6 Å². The van der Waals surface area contributed by atoms with E-state index in [-0.39, 0.29) is 18.1 Å². The average molecular weight is 395 g/mol. The number of benzene rings is 3. The van der Waals surface area contributed by atoms with Crippen LogP contribution in [0.3, 0.4) is 0 Å². The smallest absolute Gasteiger partial charge is 0.199 e. The maximum Gasteiger partial charge on any atom is 0.199 e.